The Morgan fingerprint density at radius 1 is 1.21 bits per heavy atom. The predicted octanol–water partition coefficient (Wildman–Crippen LogP) is 3.84. The quantitative estimate of drug-likeness (QED) is 0.613. The molecule has 0 aromatic carbocycles. The molecule has 29 heavy (non-hydrogen) atoms. The molecule has 0 aliphatic carbocycles. The molecular weight excluding hydrogens is 393 g/mol. The van der Waals surface area contributed by atoms with Gasteiger partial charge in [-0.1, -0.05) is 19.9 Å². The van der Waals surface area contributed by atoms with Crippen LogP contribution in [0.2, 0.25) is 0 Å². The number of aromatic nitrogens is 3. The van der Waals surface area contributed by atoms with Crippen LogP contribution in [0.25, 0.3) is 0 Å². The van der Waals surface area contributed by atoms with Crippen LogP contribution in [0.15, 0.2) is 48.2 Å². The second-order valence-electron chi connectivity index (χ2n) is 6.79. The molecule has 0 spiro atoms. The SMILES string of the molecule is CC(C)C[C@@H](NC(=O)c1cncc(F)c1)c1nc(C(=O)Nc2ccccn2)cs1. The van der Waals surface area contributed by atoms with Gasteiger partial charge in [-0.25, -0.2) is 14.4 Å². The third-order valence-electron chi connectivity index (χ3n) is 3.94. The summed E-state index contributed by atoms with van der Waals surface area (Å²) in [6.45, 7) is 4.04. The molecule has 150 valence electrons. The lowest BCUT2D eigenvalue weighted by atomic mass is 10.0. The van der Waals surface area contributed by atoms with Gasteiger partial charge in [0, 0.05) is 17.8 Å². The van der Waals surface area contributed by atoms with Crippen molar-refractivity contribution in [1.29, 1.82) is 0 Å². The maximum absolute atomic E-state index is 13.4. The van der Waals surface area contributed by atoms with E-state index in [0.29, 0.717) is 17.2 Å². The molecule has 0 fully saturated rings. The second-order valence-corrected chi connectivity index (χ2v) is 7.68. The minimum atomic E-state index is -0.583. The number of nitrogens with one attached hydrogen (secondary N) is 2. The lowest BCUT2D eigenvalue weighted by molar-refractivity contribution is 0.0931. The predicted molar refractivity (Wildman–Crippen MR) is 108 cm³/mol. The largest absolute Gasteiger partial charge is 0.343 e. The lowest BCUT2D eigenvalue weighted by Crippen LogP contribution is -2.29. The number of anilines is 1. The zero-order chi connectivity index (χ0) is 20.8. The number of nitrogens with zero attached hydrogens (tertiary/aromatic N) is 3. The van der Waals surface area contributed by atoms with E-state index in [4.69, 9.17) is 0 Å². The average molecular weight is 413 g/mol. The molecule has 0 aliphatic heterocycles. The van der Waals surface area contributed by atoms with Crippen molar-refractivity contribution in [3.05, 3.63) is 70.3 Å². The fourth-order valence-corrected chi connectivity index (χ4v) is 3.50. The minimum absolute atomic E-state index is 0.128. The summed E-state index contributed by atoms with van der Waals surface area (Å²) in [5.74, 6) is -0.716. The van der Waals surface area contributed by atoms with Crippen LogP contribution in [-0.2, 0) is 0 Å². The van der Waals surface area contributed by atoms with Crippen LogP contribution in [0, 0.1) is 11.7 Å². The Bertz CT molecular complexity index is 993. The highest BCUT2D eigenvalue weighted by Gasteiger charge is 2.22. The zero-order valence-corrected chi connectivity index (χ0v) is 16.7. The molecule has 7 nitrogen and oxygen atoms in total. The van der Waals surface area contributed by atoms with E-state index >= 15 is 0 Å². The summed E-state index contributed by atoms with van der Waals surface area (Å²) in [6.07, 6.45) is 4.54. The van der Waals surface area contributed by atoms with Gasteiger partial charge in [-0.15, -0.1) is 11.3 Å². The summed E-state index contributed by atoms with van der Waals surface area (Å²) < 4.78 is 13.4. The van der Waals surface area contributed by atoms with Crippen molar-refractivity contribution in [2.24, 2.45) is 5.92 Å². The Hall–Kier alpha value is -3.20. The monoisotopic (exact) mass is 413 g/mol. The first-order valence-electron chi connectivity index (χ1n) is 9.01. The Kier molecular flexibility index (Phi) is 6.61. The van der Waals surface area contributed by atoms with Gasteiger partial charge in [-0.3, -0.25) is 14.6 Å². The van der Waals surface area contributed by atoms with Crippen LogP contribution in [-0.4, -0.2) is 26.8 Å². The molecule has 0 aliphatic rings. The number of thiazole rings is 1. The first kappa shape index (κ1) is 20.5. The first-order valence-corrected chi connectivity index (χ1v) is 9.89. The molecular formula is C20H20FN5O2S. The fourth-order valence-electron chi connectivity index (χ4n) is 2.64. The molecule has 2 N–H and O–H groups in total. The van der Waals surface area contributed by atoms with Crippen molar-refractivity contribution in [3.63, 3.8) is 0 Å². The molecule has 2 amide bonds. The third kappa shape index (κ3) is 5.64. The summed E-state index contributed by atoms with van der Waals surface area (Å²) in [7, 11) is 0. The summed E-state index contributed by atoms with van der Waals surface area (Å²) in [5, 5.41) is 7.78. The summed E-state index contributed by atoms with van der Waals surface area (Å²) in [4.78, 5) is 37.1. The van der Waals surface area contributed by atoms with Gasteiger partial charge in [0.15, 0.2) is 0 Å². The molecule has 0 unspecified atom stereocenters. The van der Waals surface area contributed by atoms with E-state index in [-0.39, 0.29) is 23.1 Å². The number of hydrogen-bond acceptors (Lipinski definition) is 6. The van der Waals surface area contributed by atoms with Gasteiger partial charge in [-0.05, 0) is 30.5 Å². The van der Waals surface area contributed by atoms with E-state index < -0.39 is 17.8 Å². The first-order chi connectivity index (χ1) is 13.9. The molecule has 3 rings (SSSR count). The topological polar surface area (TPSA) is 96.9 Å². The molecule has 1 atom stereocenters. The van der Waals surface area contributed by atoms with Crippen LogP contribution in [0.1, 0.15) is 52.2 Å². The highest BCUT2D eigenvalue weighted by molar-refractivity contribution is 7.10. The van der Waals surface area contributed by atoms with Crippen molar-refractivity contribution in [1.82, 2.24) is 20.3 Å². The molecule has 0 bridgehead atoms. The van der Waals surface area contributed by atoms with E-state index in [1.165, 1.54) is 17.5 Å². The number of halogens is 1. The van der Waals surface area contributed by atoms with Crippen LogP contribution < -0.4 is 10.6 Å². The molecule has 9 heteroatoms. The van der Waals surface area contributed by atoms with Crippen molar-refractivity contribution in [3.8, 4) is 0 Å². The zero-order valence-electron chi connectivity index (χ0n) is 15.9. The normalized spacial score (nSPS) is 11.9. The van der Waals surface area contributed by atoms with Crippen LogP contribution in [0.4, 0.5) is 10.2 Å². The Morgan fingerprint density at radius 3 is 2.72 bits per heavy atom. The fraction of sp³-hybridized carbons (Fsp3) is 0.250. The minimum Gasteiger partial charge on any atom is -0.343 e. The summed E-state index contributed by atoms with van der Waals surface area (Å²) in [5.41, 5.74) is 0.370. The number of amides is 2. The van der Waals surface area contributed by atoms with Crippen molar-refractivity contribution >= 4 is 29.0 Å². The number of hydrogen-bond donors (Lipinski definition) is 2. The standard InChI is InChI=1S/C20H20FN5O2S/c1-12(2)7-15(24-18(27)13-8-14(21)10-22-9-13)20-25-16(11-29-20)19(28)26-17-5-3-4-6-23-17/h3-6,8-12,15H,7H2,1-2H3,(H,24,27)(H,23,26,28)/t15-/m1/s1. The maximum Gasteiger partial charge on any atom is 0.276 e. The number of pyridine rings is 2. The van der Waals surface area contributed by atoms with Gasteiger partial charge >= 0.3 is 0 Å². The van der Waals surface area contributed by atoms with Gasteiger partial charge in [0.05, 0.1) is 17.8 Å². The Balaban J connectivity index is 1.75. The van der Waals surface area contributed by atoms with E-state index in [0.717, 1.165) is 12.3 Å². The van der Waals surface area contributed by atoms with Crippen LogP contribution >= 0.6 is 11.3 Å². The second kappa shape index (κ2) is 9.33. The summed E-state index contributed by atoms with van der Waals surface area (Å²) >= 11 is 1.28. The Morgan fingerprint density at radius 2 is 2.03 bits per heavy atom. The molecule has 0 radical (unpaired) electrons. The molecule has 0 saturated carbocycles. The molecule has 3 aromatic heterocycles. The molecule has 3 heterocycles. The van der Waals surface area contributed by atoms with Gasteiger partial charge < -0.3 is 10.6 Å². The number of carbonyl (C=O) groups is 2. The van der Waals surface area contributed by atoms with Crippen molar-refractivity contribution in [2.75, 3.05) is 5.32 Å². The number of carbonyl (C=O) groups excluding carboxylic acids is 2. The van der Waals surface area contributed by atoms with Crippen LogP contribution in [0.5, 0.6) is 0 Å². The third-order valence-corrected chi connectivity index (χ3v) is 4.90. The average Bonchev–Trinajstić information content (AvgIpc) is 3.18. The van der Waals surface area contributed by atoms with Crippen molar-refractivity contribution < 1.29 is 14.0 Å². The molecule has 3 aromatic rings. The van der Waals surface area contributed by atoms with Crippen LogP contribution in [0.3, 0.4) is 0 Å². The van der Waals surface area contributed by atoms with Crippen molar-refractivity contribution in [2.45, 2.75) is 26.3 Å². The highest BCUT2D eigenvalue weighted by Crippen LogP contribution is 2.25. The number of rotatable bonds is 7. The highest BCUT2D eigenvalue weighted by atomic mass is 32.1. The lowest BCUT2D eigenvalue weighted by Gasteiger charge is -2.18. The van der Waals surface area contributed by atoms with Gasteiger partial charge in [-0.2, -0.15) is 0 Å². The van der Waals surface area contributed by atoms with E-state index in [1.807, 2.05) is 13.8 Å². The summed E-state index contributed by atoms with van der Waals surface area (Å²) in [6, 6.07) is 5.92. The van der Waals surface area contributed by atoms with Gasteiger partial charge in [0.25, 0.3) is 11.8 Å². The van der Waals surface area contributed by atoms with E-state index in [1.54, 1.807) is 29.8 Å². The van der Waals surface area contributed by atoms with E-state index in [2.05, 4.69) is 25.6 Å². The smallest absolute Gasteiger partial charge is 0.276 e. The Labute approximate surface area is 171 Å². The van der Waals surface area contributed by atoms with Gasteiger partial charge in [0.1, 0.15) is 22.3 Å². The molecule has 0 saturated heterocycles. The maximum atomic E-state index is 13.4. The van der Waals surface area contributed by atoms with Gasteiger partial charge in [0.2, 0.25) is 0 Å². The van der Waals surface area contributed by atoms with E-state index in [9.17, 15) is 14.0 Å².